The molecule has 40 heavy (non-hydrogen) atoms. The molecule has 7 nitrogen and oxygen atoms in total. The molecule has 1 saturated carbocycles. The van der Waals surface area contributed by atoms with Crippen molar-refractivity contribution >= 4 is 28.4 Å². The van der Waals surface area contributed by atoms with E-state index in [0.29, 0.717) is 17.2 Å². The lowest BCUT2D eigenvalue weighted by atomic mass is 10.1. The third-order valence-electron chi connectivity index (χ3n) is 7.71. The van der Waals surface area contributed by atoms with Gasteiger partial charge in [0, 0.05) is 42.1 Å². The van der Waals surface area contributed by atoms with Crippen molar-refractivity contribution in [2.75, 3.05) is 24.3 Å². The summed E-state index contributed by atoms with van der Waals surface area (Å²) in [5.74, 6) is 1.17. The Morgan fingerprint density at radius 2 is 1.77 bits per heavy atom. The van der Waals surface area contributed by atoms with Crippen LogP contribution >= 0.6 is 0 Å². The van der Waals surface area contributed by atoms with Crippen LogP contribution in [-0.4, -0.2) is 30.0 Å². The van der Waals surface area contributed by atoms with Gasteiger partial charge in [-0.2, -0.15) is 0 Å². The molecule has 2 aliphatic rings. The van der Waals surface area contributed by atoms with Gasteiger partial charge in [0.05, 0.1) is 30.1 Å². The minimum absolute atomic E-state index is 0.167. The summed E-state index contributed by atoms with van der Waals surface area (Å²) < 4.78 is 32.8. The van der Waals surface area contributed by atoms with Crippen molar-refractivity contribution in [1.29, 1.82) is 0 Å². The summed E-state index contributed by atoms with van der Waals surface area (Å²) in [4.78, 5) is 12.5. The minimum atomic E-state index is -0.580. The molecule has 2 heterocycles. The lowest BCUT2D eigenvalue weighted by molar-refractivity contribution is 0.0256. The zero-order chi connectivity index (χ0) is 27.6. The van der Waals surface area contributed by atoms with Gasteiger partial charge in [-0.15, -0.1) is 0 Å². The van der Waals surface area contributed by atoms with Crippen molar-refractivity contribution < 1.29 is 23.4 Å². The molecule has 1 amide bonds. The first-order chi connectivity index (χ1) is 19.4. The maximum Gasteiger partial charge on any atom is 0.412 e. The maximum absolute atomic E-state index is 13.2. The summed E-state index contributed by atoms with van der Waals surface area (Å²) in [6.45, 7) is 4.12. The molecule has 8 heteroatoms. The van der Waals surface area contributed by atoms with Gasteiger partial charge in [-0.25, -0.2) is 9.18 Å². The Balaban J connectivity index is 1.21. The summed E-state index contributed by atoms with van der Waals surface area (Å²) in [5, 5.41) is 3.79. The van der Waals surface area contributed by atoms with Crippen LogP contribution in [0.15, 0.2) is 66.7 Å². The summed E-state index contributed by atoms with van der Waals surface area (Å²) in [5.41, 5.74) is 11.8. The number of hydrogen-bond donors (Lipinski definition) is 2. The van der Waals surface area contributed by atoms with Gasteiger partial charge in [0.1, 0.15) is 23.8 Å². The highest BCUT2D eigenvalue weighted by molar-refractivity contribution is 6.01. The molecule has 1 atom stereocenters. The number of rotatable bonds is 8. The summed E-state index contributed by atoms with van der Waals surface area (Å²) in [7, 11) is 0. The number of nitrogens with two attached hydrogens (primary N) is 1. The molecule has 0 radical (unpaired) electrons. The maximum atomic E-state index is 13.2. The van der Waals surface area contributed by atoms with Crippen molar-refractivity contribution in [1.82, 2.24) is 4.57 Å². The molecule has 2 fully saturated rings. The second-order valence-corrected chi connectivity index (χ2v) is 10.7. The Bertz CT molecular complexity index is 1490. The molecular formula is C32H34FN3O4. The molecule has 1 unspecified atom stereocenters. The number of carbonyl (C=O) groups excluding carboxylic acids is 1. The monoisotopic (exact) mass is 543 g/mol. The van der Waals surface area contributed by atoms with Crippen LogP contribution in [0.1, 0.15) is 44.3 Å². The number of ether oxygens (including phenoxy) is 3. The number of amides is 1. The third-order valence-corrected chi connectivity index (χ3v) is 7.71. The van der Waals surface area contributed by atoms with Gasteiger partial charge < -0.3 is 24.5 Å². The van der Waals surface area contributed by atoms with E-state index in [1.165, 1.54) is 25.0 Å². The zero-order valence-corrected chi connectivity index (χ0v) is 22.6. The normalized spacial score (nSPS) is 16.6. The summed E-state index contributed by atoms with van der Waals surface area (Å²) in [6, 6.07) is 19.7. The number of aromatic nitrogens is 1. The average Bonchev–Trinajstić information content (AvgIpc) is 3.74. The Morgan fingerprint density at radius 3 is 2.48 bits per heavy atom. The first-order valence-electron chi connectivity index (χ1n) is 13.9. The molecule has 0 bridgehead atoms. The number of nitrogens with zero attached hydrogens (tertiary/aromatic N) is 1. The van der Waals surface area contributed by atoms with E-state index in [1.54, 1.807) is 19.1 Å². The van der Waals surface area contributed by atoms with Crippen molar-refractivity contribution in [2.45, 2.75) is 51.4 Å². The van der Waals surface area contributed by atoms with E-state index in [9.17, 15) is 9.18 Å². The van der Waals surface area contributed by atoms with E-state index in [4.69, 9.17) is 19.9 Å². The van der Waals surface area contributed by atoms with E-state index in [1.807, 2.05) is 30.3 Å². The Kier molecular flexibility index (Phi) is 7.34. The first kappa shape index (κ1) is 26.2. The fourth-order valence-corrected chi connectivity index (χ4v) is 5.30. The highest BCUT2D eigenvalue weighted by Gasteiger charge is 2.26. The van der Waals surface area contributed by atoms with Crippen LogP contribution in [0, 0.1) is 11.7 Å². The van der Waals surface area contributed by atoms with E-state index < -0.39 is 12.2 Å². The van der Waals surface area contributed by atoms with Gasteiger partial charge >= 0.3 is 6.09 Å². The Morgan fingerprint density at radius 1 is 1.05 bits per heavy atom. The fraction of sp³-hybridized carbons (Fsp3) is 0.344. The summed E-state index contributed by atoms with van der Waals surface area (Å²) in [6.07, 6.45) is 3.31. The molecule has 1 saturated heterocycles. The number of hydrogen-bond acceptors (Lipinski definition) is 5. The topological polar surface area (TPSA) is 87.7 Å². The SMILES string of the molecule is CC(OC(=O)Nc1ccc(-c2c(N)c3ccc(OC4CCOCC4)cc3n2CC2CC2)cc1)c1ccc(F)cc1. The van der Waals surface area contributed by atoms with E-state index in [0.717, 1.165) is 66.2 Å². The predicted molar refractivity (Wildman–Crippen MR) is 154 cm³/mol. The lowest BCUT2D eigenvalue weighted by Crippen LogP contribution is -2.25. The number of nitrogens with one attached hydrogen (secondary N) is 1. The smallest absolute Gasteiger partial charge is 0.412 e. The lowest BCUT2D eigenvalue weighted by Gasteiger charge is -2.23. The van der Waals surface area contributed by atoms with Crippen LogP contribution < -0.4 is 15.8 Å². The highest BCUT2D eigenvalue weighted by Crippen LogP contribution is 2.41. The molecule has 0 spiro atoms. The Labute approximate surface area is 233 Å². The molecule has 6 rings (SSSR count). The van der Waals surface area contributed by atoms with Crippen LogP contribution in [0.2, 0.25) is 0 Å². The van der Waals surface area contributed by atoms with Crippen LogP contribution in [0.4, 0.5) is 20.6 Å². The molecule has 4 aromatic rings. The molecule has 3 aromatic carbocycles. The van der Waals surface area contributed by atoms with Gasteiger partial charge in [-0.3, -0.25) is 5.32 Å². The van der Waals surface area contributed by atoms with Crippen LogP contribution in [0.3, 0.4) is 0 Å². The van der Waals surface area contributed by atoms with Crippen molar-refractivity contribution in [3.63, 3.8) is 0 Å². The number of carbonyl (C=O) groups is 1. The van der Waals surface area contributed by atoms with Crippen molar-refractivity contribution in [2.24, 2.45) is 5.92 Å². The van der Waals surface area contributed by atoms with Crippen LogP contribution in [0.5, 0.6) is 5.75 Å². The standard InChI is InChI=1S/C32H34FN3O4/c1-20(22-4-8-24(33)9-5-22)39-32(37)35-25-10-6-23(7-11-25)31-30(34)28-13-12-27(40-26-14-16-38-17-15-26)18-29(28)36(31)19-21-2-3-21/h4-13,18,20-21,26H,2-3,14-17,19,34H2,1H3,(H,35,37). The molecule has 3 N–H and O–H groups in total. The average molecular weight is 544 g/mol. The number of anilines is 2. The van der Waals surface area contributed by atoms with Crippen LogP contribution in [-0.2, 0) is 16.0 Å². The highest BCUT2D eigenvalue weighted by atomic mass is 19.1. The van der Waals surface area contributed by atoms with Gasteiger partial charge in [-0.05, 0) is 67.6 Å². The van der Waals surface area contributed by atoms with Crippen molar-refractivity contribution in [3.05, 3.63) is 78.1 Å². The number of fused-ring (bicyclic) bond motifs is 1. The number of nitrogen functional groups attached to an aromatic ring is 1. The van der Waals surface area contributed by atoms with Gasteiger partial charge in [0.2, 0.25) is 0 Å². The largest absolute Gasteiger partial charge is 0.490 e. The first-order valence-corrected chi connectivity index (χ1v) is 13.9. The predicted octanol–water partition coefficient (Wildman–Crippen LogP) is 7.31. The number of benzene rings is 3. The van der Waals surface area contributed by atoms with Gasteiger partial charge in [0.25, 0.3) is 0 Å². The molecular weight excluding hydrogens is 509 g/mol. The van der Waals surface area contributed by atoms with E-state index in [2.05, 4.69) is 22.0 Å². The van der Waals surface area contributed by atoms with E-state index >= 15 is 0 Å². The second kappa shape index (κ2) is 11.2. The minimum Gasteiger partial charge on any atom is -0.490 e. The van der Waals surface area contributed by atoms with E-state index in [-0.39, 0.29) is 11.9 Å². The van der Waals surface area contributed by atoms with Gasteiger partial charge in [0.15, 0.2) is 0 Å². The molecule has 1 aliphatic carbocycles. The fourth-order valence-electron chi connectivity index (χ4n) is 5.30. The molecule has 1 aliphatic heterocycles. The van der Waals surface area contributed by atoms with Gasteiger partial charge in [-0.1, -0.05) is 24.3 Å². The summed E-state index contributed by atoms with van der Waals surface area (Å²) >= 11 is 0. The second-order valence-electron chi connectivity index (χ2n) is 10.7. The number of halogens is 1. The van der Waals surface area contributed by atoms with Crippen LogP contribution in [0.25, 0.3) is 22.2 Å². The van der Waals surface area contributed by atoms with Crippen molar-refractivity contribution in [3.8, 4) is 17.0 Å². The zero-order valence-electron chi connectivity index (χ0n) is 22.6. The molecule has 1 aromatic heterocycles. The Hall–Kier alpha value is -4.04. The third kappa shape index (κ3) is 5.77. The molecule has 208 valence electrons. The quantitative estimate of drug-likeness (QED) is 0.243.